The SMILES string of the molecule is COc1nn(C)cc1C(=O)N(C)CC(=O)Nc1ccccc1C(N)=O. The lowest BCUT2D eigenvalue weighted by molar-refractivity contribution is -0.116. The molecule has 3 amide bonds. The smallest absolute Gasteiger partial charge is 0.261 e. The molecule has 0 unspecified atom stereocenters. The van der Waals surface area contributed by atoms with E-state index in [0.717, 1.165) is 0 Å². The van der Waals surface area contributed by atoms with Crippen molar-refractivity contribution in [3.8, 4) is 5.88 Å². The number of primary amides is 1. The molecule has 9 nitrogen and oxygen atoms in total. The van der Waals surface area contributed by atoms with Crippen molar-refractivity contribution >= 4 is 23.4 Å². The van der Waals surface area contributed by atoms with Gasteiger partial charge in [-0.3, -0.25) is 19.1 Å². The maximum Gasteiger partial charge on any atom is 0.261 e. The first-order chi connectivity index (χ1) is 11.8. The fourth-order valence-corrected chi connectivity index (χ4v) is 2.26. The van der Waals surface area contributed by atoms with Gasteiger partial charge in [-0.1, -0.05) is 12.1 Å². The van der Waals surface area contributed by atoms with Crippen molar-refractivity contribution in [3.05, 3.63) is 41.6 Å². The van der Waals surface area contributed by atoms with E-state index >= 15 is 0 Å². The van der Waals surface area contributed by atoms with E-state index < -0.39 is 17.7 Å². The second-order valence-electron chi connectivity index (χ2n) is 5.34. The van der Waals surface area contributed by atoms with E-state index in [-0.39, 0.29) is 23.6 Å². The summed E-state index contributed by atoms with van der Waals surface area (Å²) < 4.78 is 6.50. The van der Waals surface area contributed by atoms with Crippen LogP contribution in [-0.2, 0) is 11.8 Å². The molecular formula is C16H19N5O4. The van der Waals surface area contributed by atoms with Crippen LogP contribution in [0, 0.1) is 0 Å². The number of benzene rings is 1. The van der Waals surface area contributed by atoms with Crippen molar-refractivity contribution in [2.45, 2.75) is 0 Å². The number of anilines is 1. The largest absolute Gasteiger partial charge is 0.479 e. The molecule has 0 aliphatic heterocycles. The quantitative estimate of drug-likeness (QED) is 0.777. The molecule has 25 heavy (non-hydrogen) atoms. The highest BCUT2D eigenvalue weighted by molar-refractivity contribution is 6.04. The summed E-state index contributed by atoms with van der Waals surface area (Å²) in [5, 5.41) is 6.58. The average Bonchev–Trinajstić information content (AvgIpc) is 2.95. The van der Waals surface area contributed by atoms with Crippen molar-refractivity contribution in [1.29, 1.82) is 0 Å². The molecule has 2 aromatic rings. The molecule has 0 spiro atoms. The van der Waals surface area contributed by atoms with Crippen molar-refractivity contribution in [1.82, 2.24) is 14.7 Å². The summed E-state index contributed by atoms with van der Waals surface area (Å²) in [4.78, 5) is 37.2. The van der Waals surface area contributed by atoms with E-state index in [2.05, 4.69) is 10.4 Å². The third-order valence-electron chi connectivity index (χ3n) is 3.41. The van der Waals surface area contributed by atoms with Crippen LogP contribution in [0.3, 0.4) is 0 Å². The Morgan fingerprint density at radius 1 is 1.28 bits per heavy atom. The molecule has 0 radical (unpaired) electrons. The molecule has 0 bridgehead atoms. The van der Waals surface area contributed by atoms with Gasteiger partial charge in [0.25, 0.3) is 11.8 Å². The standard InChI is InChI=1S/C16H19N5O4/c1-20(16(24)11-8-21(2)19-15(11)25-3)9-13(22)18-12-7-5-4-6-10(12)14(17)23/h4-8H,9H2,1-3H3,(H2,17,23)(H,18,22). The minimum absolute atomic E-state index is 0.179. The number of carbonyl (C=O) groups is 3. The Hall–Kier alpha value is -3.36. The zero-order chi connectivity index (χ0) is 18.6. The number of nitrogens with two attached hydrogens (primary N) is 1. The Morgan fingerprint density at radius 2 is 1.96 bits per heavy atom. The number of hydrogen-bond acceptors (Lipinski definition) is 5. The Balaban J connectivity index is 2.07. The van der Waals surface area contributed by atoms with Crippen LogP contribution in [0.4, 0.5) is 5.69 Å². The van der Waals surface area contributed by atoms with Gasteiger partial charge in [0, 0.05) is 20.3 Å². The maximum absolute atomic E-state index is 12.4. The van der Waals surface area contributed by atoms with Gasteiger partial charge in [0.1, 0.15) is 5.56 Å². The van der Waals surface area contributed by atoms with Gasteiger partial charge in [0.2, 0.25) is 11.8 Å². The highest BCUT2D eigenvalue weighted by Gasteiger charge is 2.22. The van der Waals surface area contributed by atoms with Crippen LogP contribution in [0.1, 0.15) is 20.7 Å². The van der Waals surface area contributed by atoms with E-state index in [1.165, 1.54) is 36.0 Å². The second-order valence-corrected chi connectivity index (χ2v) is 5.34. The van der Waals surface area contributed by atoms with Gasteiger partial charge in [0.05, 0.1) is 24.9 Å². The molecule has 0 saturated heterocycles. The monoisotopic (exact) mass is 345 g/mol. The summed E-state index contributed by atoms with van der Waals surface area (Å²) in [5.74, 6) is -1.35. The number of likely N-dealkylation sites (N-methyl/N-ethyl adjacent to an activating group) is 1. The molecule has 0 saturated carbocycles. The predicted molar refractivity (Wildman–Crippen MR) is 90.3 cm³/mol. The summed E-state index contributed by atoms with van der Waals surface area (Å²) in [6.45, 7) is -0.218. The van der Waals surface area contributed by atoms with Gasteiger partial charge < -0.3 is 20.7 Å². The van der Waals surface area contributed by atoms with Crippen LogP contribution in [0.2, 0.25) is 0 Å². The first-order valence-electron chi connectivity index (χ1n) is 7.35. The number of nitrogens with zero attached hydrogens (tertiary/aromatic N) is 3. The number of methoxy groups -OCH3 is 1. The van der Waals surface area contributed by atoms with E-state index in [1.54, 1.807) is 25.2 Å². The lowest BCUT2D eigenvalue weighted by atomic mass is 10.1. The summed E-state index contributed by atoms with van der Waals surface area (Å²) in [7, 11) is 4.55. The van der Waals surface area contributed by atoms with Crippen LogP contribution < -0.4 is 15.8 Å². The summed E-state index contributed by atoms with van der Waals surface area (Å²) >= 11 is 0. The molecule has 1 heterocycles. The maximum atomic E-state index is 12.4. The number of rotatable bonds is 6. The minimum atomic E-state index is -0.652. The summed E-state index contributed by atoms with van der Waals surface area (Å²) in [6, 6.07) is 6.37. The van der Waals surface area contributed by atoms with Crippen molar-refractivity contribution in [2.75, 3.05) is 26.0 Å². The van der Waals surface area contributed by atoms with Gasteiger partial charge in [-0.25, -0.2) is 0 Å². The van der Waals surface area contributed by atoms with E-state index in [9.17, 15) is 14.4 Å². The molecule has 0 aliphatic carbocycles. The molecule has 1 aromatic heterocycles. The number of amides is 3. The first-order valence-corrected chi connectivity index (χ1v) is 7.35. The fourth-order valence-electron chi connectivity index (χ4n) is 2.26. The molecule has 0 atom stereocenters. The average molecular weight is 345 g/mol. The van der Waals surface area contributed by atoms with Crippen LogP contribution in [0.15, 0.2) is 30.5 Å². The van der Waals surface area contributed by atoms with Crippen LogP contribution >= 0.6 is 0 Å². The lowest BCUT2D eigenvalue weighted by Crippen LogP contribution is -2.35. The number of aromatic nitrogens is 2. The third-order valence-corrected chi connectivity index (χ3v) is 3.41. The van der Waals surface area contributed by atoms with Gasteiger partial charge in [-0.15, -0.1) is 5.10 Å². The number of ether oxygens (including phenoxy) is 1. The van der Waals surface area contributed by atoms with E-state index in [0.29, 0.717) is 5.69 Å². The molecule has 2 rings (SSSR count). The minimum Gasteiger partial charge on any atom is -0.479 e. The molecule has 132 valence electrons. The van der Waals surface area contributed by atoms with Crippen molar-refractivity contribution < 1.29 is 19.1 Å². The van der Waals surface area contributed by atoms with E-state index in [4.69, 9.17) is 10.5 Å². The number of carbonyl (C=O) groups excluding carboxylic acids is 3. The summed E-state index contributed by atoms with van der Waals surface area (Å²) in [5.41, 5.74) is 6.00. The molecule has 9 heteroatoms. The number of aryl methyl sites for hydroxylation is 1. The fraction of sp³-hybridized carbons (Fsp3) is 0.250. The van der Waals surface area contributed by atoms with Crippen LogP contribution in [0.5, 0.6) is 5.88 Å². The van der Waals surface area contributed by atoms with Gasteiger partial charge in [-0.05, 0) is 12.1 Å². The Morgan fingerprint density at radius 3 is 2.60 bits per heavy atom. The number of para-hydroxylation sites is 1. The lowest BCUT2D eigenvalue weighted by Gasteiger charge is -2.17. The second kappa shape index (κ2) is 7.47. The Kier molecular flexibility index (Phi) is 5.38. The van der Waals surface area contributed by atoms with Gasteiger partial charge in [0.15, 0.2) is 0 Å². The Labute approximate surface area is 144 Å². The third kappa shape index (κ3) is 4.14. The summed E-state index contributed by atoms with van der Waals surface area (Å²) in [6.07, 6.45) is 1.51. The van der Waals surface area contributed by atoms with Crippen LogP contribution in [-0.4, -0.2) is 53.1 Å². The molecule has 0 fully saturated rings. The molecule has 0 aliphatic rings. The zero-order valence-electron chi connectivity index (χ0n) is 14.1. The molecule has 3 N–H and O–H groups in total. The Bertz CT molecular complexity index is 815. The van der Waals surface area contributed by atoms with Crippen molar-refractivity contribution in [2.24, 2.45) is 12.8 Å². The number of nitrogens with one attached hydrogen (secondary N) is 1. The zero-order valence-corrected chi connectivity index (χ0v) is 14.1. The molecular weight excluding hydrogens is 326 g/mol. The number of hydrogen-bond donors (Lipinski definition) is 2. The van der Waals surface area contributed by atoms with E-state index in [1.807, 2.05) is 0 Å². The highest BCUT2D eigenvalue weighted by Crippen LogP contribution is 2.17. The topological polar surface area (TPSA) is 120 Å². The normalized spacial score (nSPS) is 10.2. The van der Waals surface area contributed by atoms with Gasteiger partial charge >= 0.3 is 0 Å². The molecule has 1 aromatic carbocycles. The predicted octanol–water partition coefficient (Wildman–Crippen LogP) is 0.238. The first kappa shape index (κ1) is 18.0. The van der Waals surface area contributed by atoms with Crippen molar-refractivity contribution in [3.63, 3.8) is 0 Å². The van der Waals surface area contributed by atoms with Crippen LogP contribution in [0.25, 0.3) is 0 Å². The highest BCUT2D eigenvalue weighted by atomic mass is 16.5. The van der Waals surface area contributed by atoms with Gasteiger partial charge in [-0.2, -0.15) is 0 Å².